The maximum Gasteiger partial charge on any atom is 0.228 e. The molecule has 6 rings (SSSR count). The summed E-state index contributed by atoms with van der Waals surface area (Å²) in [5, 5.41) is 13.1. The number of carbonyl (C=O) groups is 2. The molecule has 0 aliphatic carbocycles. The van der Waals surface area contributed by atoms with E-state index in [4.69, 9.17) is 9.47 Å². The van der Waals surface area contributed by atoms with E-state index < -0.39 is 6.10 Å². The van der Waals surface area contributed by atoms with Crippen LogP contribution in [0, 0.1) is 0 Å². The number of ether oxygens (including phenoxy) is 2. The Kier molecular flexibility index (Phi) is 6.82. The lowest BCUT2D eigenvalue weighted by molar-refractivity contribution is -0.149. The summed E-state index contributed by atoms with van der Waals surface area (Å²) >= 11 is 0. The van der Waals surface area contributed by atoms with Crippen LogP contribution in [0.15, 0.2) is 67.0 Å². The Labute approximate surface area is 221 Å². The van der Waals surface area contributed by atoms with Crippen LogP contribution in [0.5, 0.6) is 5.75 Å². The fourth-order valence-corrected chi connectivity index (χ4v) is 5.89. The molecule has 2 aromatic carbocycles. The van der Waals surface area contributed by atoms with Crippen molar-refractivity contribution in [3.05, 3.63) is 89.2 Å². The van der Waals surface area contributed by atoms with Crippen LogP contribution in [0.1, 0.15) is 41.0 Å². The molecule has 8 heteroatoms. The zero-order valence-corrected chi connectivity index (χ0v) is 21.1. The molecule has 4 heterocycles. The van der Waals surface area contributed by atoms with Crippen molar-refractivity contribution in [2.75, 3.05) is 18.5 Å². The average Bonchev–Trinajstić information content (AvgIpc) is 3.30. The highest BCUT2D eigenvalue weighted by molar-refractivity contribution is 5.92. The first-order chi connectivity index (χ1) is 18.6. The van der Waals surface area contributed by atoms with Gasteiger partial charge in [0.25, 0.3) is 0 Å². The minimum Gasteiger partial charge on any atom is -0.487 e. The van der Waals surface area contributed by atoms with Crippen LogP contribution in [0.2, 0.25) is 0 Å². The largest absolute Gasteiger partial charge is 0.487 e. The zero-order chi connectivity index (χ0) is 26.1. The fourth-order valence-electron chi connectivity index (χ4n) is 5.89. The number of benzene rings is 2. The molecule has 0 spiro atoms. The first kappa shape index (κ1) is 24.6. The number of pyridine rings is 1. The van der Waals surface area contributed by atoms with Crippen LogP contribution in [-0.2, 0) is 33.7 Å². The maximum absolute atomic E-state index is 13.2. The van der Waals surface area contributed by atoms with Gasteiger partial charge in [-0.1, -0.05) is 24.3 Å². The number of rotatable bonds is 6. The van der Waals surface area contributed by atoms with Gasteiger partial charge in [0, 0.05) is 42.7 Å². The summed E-state index contributed by atoms with van der Waals surface area (Å²) in [7, 11) is 0. The molecule has 2 N–H and O–H groups in total. The molecule has 0 unspecified atom stereocenters. The number of carbonyl (C=O) groups excluding carboxylic acids is 2. The van der Waals surface area contributed by atoms with Gasteiger partial charge in [-0.2, -0.15) is 0 Å². The number of anilines is 1. The molecule has 0 radical (unpaired) electrons. The first-order valence-corrected chi connectivity index (χ1v) is 13.2. The van der Waals surface area contributed by atoms with Crippen molar-refractivity contribution >= 4 is 17.5 Å². The topological polar surface area (TPSA) is 101 Å². The van der Waals surface area contributed by atoms with Crippen molar-refractivity contribution in [2.45, 2.75) is 56.5 Å². The number of hydrogen-bond donors (Lipinski definition) is 2. The summed E-state index contributed by atoms with van der Waals surface area (Å²) in [4.78, 5) is 31.7. The lowest BCUT2D eigenvalue weighted by Gasteiger charge is -2.38. The van der Waals surface area contributed by atoms with Crippen molar-refractivity contribution < 1.29 is 24.2 Å². The Morgan fingerprint density at radius 2 is 1.89 bits per heavy atom. The summed E-state index contributed by atoms with van der Waals surface area (Å²) < 4.78 is 12.4. The van der Waals surface area contributed by atoms with E-state index in [0.29, 0.717) is 25.2 Å². The molecule has 3 aliphatic heterocycles. The highest BCUT2D eigenvalue weighted by Gasteiger charge is 2.46. The van der Waals surface area contributed by atoms with Crippen molar-refractivity contribution in [1.29, 1.82) is 0 Å². The Bertz CT molecular complexity index is 1330. The normalized spacial score (nSPS) is 23.6. The summed E-state index contributed by atoms with van der Waals surface area (Å²) in [5.41, 5.74) is 5.06. The third kappa shape index (κ3) is 5.01. The third-order valence-corrected chi connectivity index (χ3v) is 7.78. The average molecular weight is 514 g/mol. The molecule has 1 aromatic heterocycles. The summed E-state index contributed by atoms with van der Waals surface area (Å²) in [6.45, 7) is 1.13. The van der Waals surface area contributed by atoms with Gasteiger partial charge in [0.2, 0.25) is 11.8 Å². The molecule has 1 fully saturated rings. The summed E-state index contributed by atoms with van der Waals surface area (Å²) in [6, 6.07) is 17.5. The number of aliphatic hydroxyl groups excluding tert-OH is 1. The molecule has 3 aliphatic rings. The lowest BCUT2D eigenvalue weighted by Crippen LogP contribution is -2.48. The standard InChI is InChI=1S/C30H31N3O5/c34-18-27-30-25(15-23(37-27)16-29(36)33-12-9-20-3-1-2-4-21(20)17-33)24-14-22(5-6-26(24)38-30)32-28(35)13-19-7-10-31-11-8-19/h1-8,10-11,14,23,25,27,30,34H,9,12-13,15-18H2,(H,32,35)/t23-,25-,27-,30+/m0/s1. The van der Waals surface area contributed by atoms with E-state index in [0.717, 1.165) is 23.3 Å². The Balaban J connectivity index is 1.14. The van der Waals surface area contributed by atoms with Crippen molar-refractivity contribution in [3.8, 4) is 5.75 Å². The quantitative estimate of drug-likeness (QED) is 0.525. The van der Waals surface area contributed by atoms with Crippen LogP contribution >= 0.6 is 0 Å². The molecule has 38 heavy (non-hydrogen) atoms. The van der Waals surface area contributed by atoms with Crippen LogP contribution in [-0.4, -0.2) is 58.3 Å². The minimum atomic E-state index is -0.522. The Morgan fingerprint density at radius 3 is 2.71 bits per heavy atom. The van der Waals surface area contributed by atoms with E-state index in [2.05, 4.69) is 22.4 Å². The van der Waals surface area contributed by atoms with Crippen LogP contribution in [0.25, 0.3) is 0 Å². The summed E-state index contributed by atoms with van der Waals surface area (Å²) in [6.07, 6.45) is 4.15. The molecule has 8 nitrogen and oxygen atoms in total. The van der Waals surface area contributed by atoms with Gasteiger partial charge in [0.15, 0.2) is 0 Å². The highest BCUT2D eigenvalue weighted by atomic mass is 16.6. The first-order valence-electron chi connectivity index (χ1n) is 13.2. The predicted molar refractivity (Wildman–Crippen MR) is 141 cm³/mol. The molecule has 0 bridgehead atoms. The van der Waals surface area contributed by atoms with Gasteiger partial charge < -0.3 is 24.8 Å². The number of nitrogens with one attached hydrogen (secondary N) is 1. The number of fused-ring (bicyclic) bond motifs is 4. The lowest BCUT2D eigenvalue weighted by atomic mass is 9.84. The SMILES string of the molecule is O=C(Cc1ccncc1)Nc1ccc2c(c1)[C@@H]1C[C@@H](CC(=O)N3CCc4ccccc4C3)O[C@@H](CO)[C@@H]1O2. The molecule has 4 atom stereocenters. The molecule has 196 valence electrons. The molecule has 1 saturated heterocycles. The van der Waals surface area contributed by atoms with Crippen LogP contribution in [0.3, 0.4) is 0 Å². The molecule has 3 aromatic rings. The fraction of sp³-hybridized carbons (Fsp3) is 0.367. The second-order valence-corrected chi connectivity index (χ2v) is 10.3. The minimum absolute atomic E-state index is 0.0344. The highest BCUT2D eigenvalue weighted by Crippen LogP contribution is 2.47. The zero-order valence-electron chi connectivity index (χ0n) is 21.1. The van der Waals surface area contributed by atoms with E-state index >= 15 is 0 Å². The number of hydrogen-bond acceptors (Lipinski definition) is 6. The number of aromatic nitrogens is 1. The van der Waals surface area contributed by atoms with Crippen molar-refractivity contribution in [3.63, 3.8) is 0 Å². The van der Waals surface area contributed by atoms with Crippen LogP contribution in [0.4, 0.5) is 5.69 Å². The van der Waals surface area contributed by atoms with E-state index in [1.54, 1.807) is 12.4 Å². The van der Waals surface area contributed by atoms with Gasteiger partial charge in [-0.15, -0.1) is 0 Å². The number of nitrogens with zero attached hydrogens (tertiary/aromatic N) is 2. The second kappa shape index (κ2) is 10.6. The van der Waals surface area contributed by atoms with Crippen LogP contribution < -0.4 is 10.1 Å². The summed E-state index contributed by atoms with van der Waals surface area (Å²) in [5.74, 6) is 0.649. The van der Waals surface area contributed by atoms with Gasteiger partial charge in [0.1, 0.15) is 18.0 Å². The molecule has 2 amide bonds. The van der Waals surface area contributed by atoms with Gasteiger partial charge in [-0.25, -0.2) is 0 Å². The van der Waals surface area contributed by atoms with E-state index in [1.165, 1.54) is 11.1 Å². The number of aliphatic hydroxyl groups is 1. The van der Waals surface area contributed by atoms with E-state index in [9.17, 15) is 14.7 Å². The smallest absolute Gasteiger partial charge is 0.228 e. The monoisotopic (exact) mass is 513 g/mol. The Hall–Kier alpha value is -3.75. The van der Waals surface area contributed by atoms with Gasteiger partial charge in [-0.05, 0) is 59.9 Å². The van der Waals surface area contributed by atoms with Gasteiger partial charge in [-0.3, -0.25) is 14.6 Å². The Morgan fingerprint density at radius 1 is 1.08 bits per heavy atom. The van der Waals surface area contributed by atoms with Gasteiger partial charge >= 0.3 is 0 Å². The third-order valence-electron chi connectivity index (χ3n) is 7.78. The molecule has 0 saturated carbocycles. The molecular formula is C30H31N3O5. The van der Waals surface area contributed by atoms with E-state index in [1.807, 2.05) is 47.4 Å². The predicted octanol–water partition coefficient (Wildman–Crippen LogP) is 3.23. The molecular weight excluding hydrogens is 482 g/mol. The second-order valence-electron chi connectivity index (χ2n) is 10.3. The number of amides is 2. The van der Waals surface area contributed by atoms with E-state index in [-0.39, 0.29) is 49.4 Å². The van der Waals surface area contributed by atoms with Crippen molar-refractivity contribution in [2.24, 2.45) is 0 Å². The maximum atomic E-state index is 13.2. The van der Waals surface area contributed by atoms with Gasteiger partial charge in [0.05, 0.1) is 25.6 Å². The van der Waals surface area contributed by atoms with Crippen molar-refractivity contribution in [1.82, 2.24) is 9.88 Å².